The molecule has 6 heterocycles. The summed E-state index contributed by atoms with van der Waals surface area (Å²) in [6, 6.07) is 79.0. The Balaban J connectivity index is 0.976. The highest BCUT2D eigenvalue weighted by Gasteiger charge is 2.37. The number of aromatic nitrogens is 4. The highest BCUT2D eigenvalue weighted by atomic mass is 15.0. The van der Waals surface area contributed by atoms with Crippen molar-refractivity contribution in [3.63, 3.8) is 0 Å². The van der Waals surface area contributed by atoms with E-state index >= 15 is 0 Å². The Morgan fingerprint density at radius 1 is 0.250 bits per heavy atom. The Kier molecular flexibility index (Phi) is 6.91. The minimum absolute atomic E-state index is 0.0704. The average Bonchev–Trinajstić information content (AvgIpc) is 4.47. The Labute approximate surface area is 436 Å². The molecule has 6 aromatic heterocycles. The minimum Gasteiger partial charge on any atom is -0.309 e. The molecule has 354 valence electrons. The average molecular weight is 967 g/mol. The van der Waals surface area contributed by atoms with E-state index in [4.69, 9.17) is 0 Å². The monoisotopic (exact) mass is 966 g/mol. The van der Waals surface area contributed by atoms with Crippen molar-refractivity contribution in [1.82, 2.24) is 17.9 Å². The van der Waals surface area contributed by atoms with Gasteiger partial charge in [0.2, 0.25) is 0 Å². The van der Waals surface area contributed by atoms with Crippen molar-refractivity contribution >= 4 is 120 Å². The molecule has 0 amide bonds. The van der Waals surface area contributed by atoms with Crippen molar-refractivity contribution < 1.29 is 0 Å². The van der Waals surface area contributed by atoms with Gasteiger partial charge in [-0.3, -0.25) is 0 Å². The molecule has 17 aromatic rings. The lowest BCUT2D eigenvalue weighted by Crippen LogP contribution is -2.14. The van der Waals surface area contributed by atoms with Crippen molar-refractivity contribution in [1.29, 1.82) is 0 Å². The maximum Gasteiger partial charge on any atom is 0.0628 e. The highest BCUT2D eigenvalue weighted by molar-refractivity contribution is 6.40. The molecule has 4 nitrogen and oxygen atoms in total. The molecule has 0 saturated heterocycles. The van der Waals surface area contributed by atoms with Gasteiger partial charge in [-0.1, -0.05) is 161 Å². The fourth-order valence-electron chi connectivity index (χ4n) is 15.8. The first-order valence-electron chi connectivity index (χ1n) is 26.9. The first-order valence-corrected chi connectivity index (χ1v) is 26.9. The summed E-state index contributed by atoms with van der Waals surface area (Å²) >= 11 is 0. The van der Waals surface area contributed by atoms with Gasteiger partial charge in [-0.2, -0.15) is 0 Å². The molecule has 0 bridgehead atoms. The van der Waals surface area contributed by atoms with Gasteiger partial charge in [0.1, 0.15) is 0 Å². The van der Waals surface area contributed by atoms with Crippen LogP contribution in [0.2, 0.25) is 0 Å². The summed E-state index contributed by atoms with van der Waals surface area (Å²) in [7, 11) is 0. The molecular weight excluding hydrogens is 921 g/mol. The predicted octanol–water partition coefficient (Wildman–Crippen LogP) is 18.8. The third kappa shape index (κ3) is 4.44. The number of fused-ring (bicyclic) bond motifs is 26. The number of hydrogen-bond donors (Lipinski definition) is 0. The Morgan fingerprint density at radius 3 is 1.09 bits per heavy atom. The van der Waals surface area contributed by atoms with Gasteiger partial charge in [-0.25, -0.2) is 0 Å². The third-order valence-corrected chi connectivity index (χ3v) is 19.0. The van der Waals surface area contributed by atoms with Gasteiger partial charge < -0.3 is 17.9 Å². The standard InChI is InChI=1S/C72H46N4/c1-71(2)53-23-11-5-17-41(53)47-33-39(29-31-55(47)71)73-59-27-15-9-21-45(59)65-63(73)36-49-43-19-7-13-25-57(43)75-61-38-62-52(35-51(61)67(65)69(49)75)68-66-46-22-10-16-28-60(46)74(64(66)37-50-44-20-8-14-26-58(44)76(62)70(50)68)40-30-32-56-48(34-40)42-18-6-12-24-54(42)72(56,3)4/h5-38H,1-4H3. The number of para-hydroxylation sites is 4. The predicted molar refractivity (Wildman–Crippen MR) is 320 cm³/mol. The largest absolute Gasteiger partial charge is 0.309 e. The summed E-state index contributed by atoms with van der Waals surface area (Å²) in [5, 5.41) is 15.5. The minimum atomic E-state index is -0.0704. The van der Waals surface area contributed by atoms with E-state index in [1.165, 1.54) is 176 Å². The second-order valence-corrected chi connectivity index (χ2v) is 23.2. The molecule has 0 unspecified atom stereocenters. The van der Waals surface area contributed by atoms with Crippen molar-refractivity contribution in [2.24, 2.45) is 0 Å². The van der Waals surface area contributed by atoms with Crippen LogP contribution in [0.1, 0.15) is 49.9 Å². The quantitative estimate of drug-likeness (QED) is 0.164. The lowest BCUT2D eigenvalue weighted by atomic mass is 9.82. The lowest BCUT2D eigenvalue weighted by molar-refractivity contribution is 0.660. The summed E-state index contributed by atoms with van der Waals surface area (Å²) in [5.41, 5.74) is 25.6. The van der Waals surface area contributed by atoms with E-state index in [1.807, 2.05) is 0 Å². The molecule has 19 rings (SSSR count). The van der Waals surface area contributed by atoms with Crippen LogP contribution in [0.25, 0.3) is 153 Å². The summed E-state index contributed by atoms with van der Waals surface area (Å²) in [6.07, 6.45) is 0. The zero-order valence-electron chi connectivity index (χ0n) is 42.4. The van der Waals surface area contributed by atoms with Crippen LogP contribution < -0.4 is 0 Å². The second-order valence-electron chi connectivity index (χ2n) is 23.2. The maximum atomic E-state index is 2.59. The van der Waals surface area contributed by atoms with Crippen LogP contribution in [0.15, 0.2) is 206 Å². The SMILES string of the molecule is CC1(C)c2ccccc2-c2cc(-n3c4ccccc4c4c5c6cc7c8c9c%10ccccc%10n(-c%10ccc%11c(c%10)-c%10ccccc%10C%11(C)C)c9cc9c%10ccccc%10n(c7cc6n6c7ccccc7c(cc43)c56)c98)ccc21. The Hall–Kier alpha value is -9.38. The van der Waals surface area contributed by atoms with Gasteiger partial charge in [0.05, 0.1) is 55.2 Å². The van der Waals surface area contributed by atoms with E-state index in [0.29, 0.717) is 0 Å². The highest BCUT2D eigenvalue weighted by Crippen LogP contribution is 2.54. The molecule has 0 saturated carbocycles. The van der Waals surface area contributed by atoms with E-state index in [9.17, 15) is 0 Å². The van der Waals surface area contributed by atoms with Crippen LogP contribution in [0.5, 0.6) is 0 Å². The topological polar surface area (TPSA) is 18.7 Å². The van der Waals surface area contributed by atoms with Crippen molar-refractivity contribution in [2.45, 2.75) is 38.5 Å². The summed E-state index contributed by atoms with van der Waals surface area (Å²) in [5.74, 6) is 0. The molecule has 0 aliphatic heterocycles. The molecule has 0 fully saturated rings. The van der Waals surface area contributed by atoms with Crippen LogP contribution >= 0.6 is 0 Å². The van der Waals surface area contributed by atoms with Gasteiger partial charge in [0.15, 0.2) is 0 Å². The van der Waals surface area contributed by atoms with Gasteiger partial charge in [-0.15, -0.1) is 0 Å². The van der Waals surface area contributed by atoms with Crippen LogP contribution in [-0.2, 0) is 10.8 Å². The van der Waals surface area contributed by atoms with Crippen molar-refractivity contribution in [2.75, 3.05) is 0 Å². The molecule has 0 N–H and O–H groups in total. The van der Waals surface area contributed by atoms with Crippen LogP contribution in [0, 0.1) is 0 Å². The molecule has 0 spiro atoms. The second kappa shape index (κ2) is 13.1. The van der Waals surface area contributed by atoms with Gasteiger partial charge in [-0.05, 0) is 117 Å². The van der Waals surface area contributed by atoms with Crippen LogP contribution in [-0.4, -0.2) is 17.9 Å². The van der Waals surface area contributed by atoms with Gasteiger partial charge >= 0.3 is 0 Å². The van der Waals surface area contributed by atoms with Crippen LogP contribution in [0.3, 0.4) is 0 Å². The van der Waals surface area contributed by atoms with Crippen LogP contribution in [0.4, 0.5) is 0 Å². The summed E-state index contributed by atoms with van der Waals surface area (Å²) < 4.78 is 10.3. The first kappa shape index (κ1) is 40.1. The number of hydrogen-bond acceptors (Lipinski definition) is 0. The van der Waals surface area contributed by atoms with E-state index in [2.05, 4.69) is 252 Å². The molecule has 76 heavy (non-hydrogen) atoms. The fraction of sp³-hybridized carbons (Fsp3) is 0.0833. The first-order chi connectivity index (χ1) is 37.3. The molecule has 2 aliphatic rings. The Bertz CT molecular complexity index is 5190. The number of nitrogens with zero attached hydrogens (tertiary/aromatic N) is 4. The van der Waals surface area contributed by atoms with E-state index < -0.39 is 0 Å². The van der Waals surface area contributed by atoms with E-state index in [1.54, 1.807) is 0 Å². The van der Waals surface area contributed by atoms with E-state index in [-0.39, 0.29) is 10.8 Å². The molecule has 4 heteroatoms. The molecule has 0 atom stereocenters. The molecule has 11 aromatic carbocycles. The smallest absolute Gasteiger partial charge is 0.0628 e. The maximum absolute atomic E-state index is 2.59. The normalized spacial score (nSPS) is 14.8. The zero-order chi connectivity index (χ0) is 49.8. The number of rotatable bonds is 2. The van der Waals surface area contributed by atoms with Crippen molar-refractivity contribution in [3.05, 3.63) is 229 Å². The fourth-order valence-corrected chi connectivity index (χ4v) is 15.8. The Morgan fingerprint density at radius 2 is 0.632 bits per heavy atom. The summed E-state index contributed by atoms with van der Waals surface area (Å²) in [4.78, 5) is 0. The van der Waals surface area contributed by atoms with Gasteiger partial charge in [0, 0.05) is 86.8 Å². The van der Waals surface area contributed by atoms with E-state index in [0.717, 1.165) is 0 Å². The van der Waals surface area contributed by atoms with Crippen molar-refractivity contribution in [3.8, 4) is 33.6 Å². The molecule has 2 aliphatic carbocycles. The molecular formula is C72H46N4. The molecule has 0 radical (unpaired) electrons. The number of benzene rings is 11. The lowest BCUT2D eigenvalue weighted by Gasteiger charge is -2.21. The third-order valence-electron chi connectivity index (χ3n) is 19.0. The van der Waals surface area contributed by atoms with Gasteiger partial charge in [0.25, 0.3) is 0 Å². The zero-order valence-corrected chi connectivity index (χ0v) is 42.4. The summed E-state index contributed by atoms with van der Waals surface area (Å²) in [6.45, 7) is 9.49.